The number of benzene rings is 2. The van der Waals surface area contributed by atoms with Crippen molar-refractivity contribution in [2.75, 3.05) is 26.3 Å². The lowest BCUT2D eigenvalue weighted by Gasteiger charge is -2.43. The van der Waals surface area contributed by atoms with E-state index in [1.165, 1.54) is 5.56 Å². The van der Waals surface area contributed by atoms with Crippen molar-refractivity contribution >= 4 is 0 Å². The van der Waals surface area contributed by atoms with Gasteiger partial charge < -0.3 is 9.47 Å². The SMILES string of the molecule is CC1(C(c2ccccc2)N2CC2)COC(c2ccccc2)OC1. The first-order valence-corrected chi connectivity index (χ1v) is 8.33. The zero-order valence-corrected chi connectivity index (χ0v) is 13.5. The molecule has 1 atom stereocenters. The quantitative estimate of drug-likeness (QED) is 0.802. The Labute approximate surface area is 137 Å². The van der Waals surface area contributed by atoms with Crippen molar-refractivity contribution in [2.45, 2.75) is 19.3 Å². The molecule has 120 valence electrons. The Bertz CT molecular complexity index is 631. The van der Waals surface area contributed by atoms with Crippen LogP contribution in [0.2, 0.25) is 0 Å². The molecule has 2 aromatic rings. The molecule has 2 heterocycles. The highest BCUT2D eigenvalue weighted by Gasteiger charge is 2.46. The van der Waals surface area contributed by atoms with E-state index < -0.39 is 0 Å². The largest absolute Gasteiger partial charge is 0.348 e. The maximum atomic E-state index is 6.11. The minimum atomic E-state index is -0.241. The number of nitrogens with zero attached hydrogens (tertiary/aromatic N) is 1. The standard InChI is InChI=1S/C20H23NO2/c1-20(18(21-12-13-21)16-8-4-2-5-9-16)14-22-19(23-15-20)17-10-6-3-7-11-17/h2-11,18-19H,12-15H2,1H3. The van der Waals surface area contributed by atoms with E-state index in [0.717, 1.165) is 18.7 Å². The molecule has 2 aliphatic heterocycles. The van der Waals surface area contributed by atoms with E-state index >= 15 is 0 Å². The van der Waals surface area contributed by atoms with E-state index in [9.17, 15) is 0 Å². The zero-order chi connectivity index (χ0) is 15.7. The Morgan fingerprint density at radius 2 is 1.48 bits per heavy atom. The Balaban J connectivity index is 1.52. The molecule has 1 unspecified atom stereocenters. The molecular formula is C20H23NO2. The van der Waals surface area contributed by atoms with Crippen LogP contribution in [0.5, 0.6) is 0 Å². The normalized spacial score (nSPS) is 29.2. The summed E-state index contributed by atoms with van der Waals surface area (Å²) < 4.78 is 12.2. The number of hydrogen-bond donors (Lipinski definition) is 0. The highest BCUT2D eigenvalue weighted by molar-refractivity contribution is 5.23. The first kappa shape index (κ1) is 14.9. The Morgan fingerprint density at radius 3 is 2.04 bits per heavy atom. The molecule has 0 saturated carbocycles. The molecule has 0 aromatic heterocycles. The van der Waals surface area contributed by atoms with Gasteiger partial charge in [-0.15, -0.1) is 0 Å². The molecular weight excluding hydrogens is 286 g/mol. The van der Waals surface area contributed by atoms with Crippen LogP contribution >= 0.6 is 0 Å². The number of hydrogen-bond acceptors (Lipinski definition) is 3. The average molecular weight is 309 g/mol. The van der Waals surface area contributed by atoms with Crippen molar-refractivity contribution in [3.05, 3.63) is 71.8 Å². The smallest absolute Gasteiger partial charge is 0.183 e. The van der Waals surface area contributed by atoms with Crippen LogP contribution in [0.3, 0.4) is 0 Å². The molecule has 2 saturated heterocycles. The van der Waals surface area contributed by atoms with Crippen molar-refractivity contribution in [1.29, 1.82) is 0 Å². The second-order valence-corrected chi connectivity index (χ2v) is 6.87. The second kappa shape index (κ2) is 6.08. The van der Waals surface area contributed by atoms with Crippen LogP contribution in [-0.4, -0.2) is 31.2 Å². The van der Waals surface area contributed by atoms with Gasteiger partial charge in [0.05, 0.1) is 13.2 Å². The first-order chi connectivity index (χ1) is 11.3. The maximum absolute atomic E-state index is 6.11. The molecule has 0 aliphatic carbocycles. The third kappa shape index (κ3) is 3.05. The molecule has 0 spiro atoms. The highest BCUT2D eigenvalue weighted by Crippen LogP contribution is 2.45. The lowest BCUT2D eigenvalue weighted by Crippen LogP contribution is -2.43. The van der Waals surface area contributed by atoms with Crippen molar-refractivity contribution in [1.82, 2.24) is 4.90 Å². The third-order valence-corrected chi connectivity index (χ3v) is 4.82. The topological polar surface area (TPSA) is 21.5 Å². The minimum Gasteiger partial charge on any atom is -0.348 e. The van der Waals surface area contributed by atoms with Crippen molar-refractivity contribution < 1.29 is 9.47 Å². The molecule has 23 heavy (non-hydrogen) atoms. The maximum Gasteiger partial charge on any atom is 0.183 e. The molecule has 0 bridgehead atoms. The predicted octanol–water partition coefficient (Wildman–Crippen LogP) is 3.80. The molecule has 3 nitrogen and oxygen atoms in total. The summed E-state index contributed by atoms with van der Waals surface area (Å²) in [4.78, 5) is 2.50. The van der Waals surface area contributed by atoms with Gasteiger partial charge in [-0.1, -0.05) is 67.6 Å². The van der Waals surface area contributed by atoms with E-state index in [4.69, 9.17) is 9.47 Å². The van der Waals surface area contributed by atoms with Gasteiger partial charge in [-0.3, -0.25) is 4.90 Å². The zero-order valence-electron chi connectivity index (χ0n) is 13.5. The van der Waals surface area contributed by atoms with Gasteiger partial charge in [0.1, 0.15) is 0 Å². The van der Waals surface area contributed by atoms with Crippen molar-refractivity contribution in [3.63, 3.8) is 0 Å². The minimum absolute atomic E-state index is 0.0247. The van der Waals surface area contributed by atoms with Crippen LogP contribution in [0.1, 0.15) is 30.4 Å². The van der Waals surface area contributed by atoms with Gasteiger partial charge in [-0.05, 0) is 5.56 Å². The molecule has 2 aromatic carbocycles. The summed E-state index contributed by atoms with van der Waals surface area (Å²) in [6, 6.07) is 21.3. The first-order valence-electron chi connectivity index (χ1n) is 8.33. The van der Waals surface area contributed by atoms with Crippen LogP contribution in [0.4, 0.5) is 0 Å². The van der Waals surface area contributed by atoms with Gasteiger partial charge in [0.25, 0.3) is 0 Å². The monoisotopic (exact) mass is 309 g/mol. The van der Waals surface area contributed by atoms with Gasteiger partial charge in [0.2, 0.25) is 0 Å². The van der Waals surface area contributed by atoms with E-state index in [1.54, 1.807) is 0 Å². The molecule has 0 amide bonds. The lowest BCUT2D eigenvalue weighted by molar-refractivity contribution is -0.240. The molecule has 2 aliphatic rings. The van der Waals surface area contributed by atoms with Crippen LogP contribution in [-0.2, 0) is 9.47 Å². The van der Waals surface area contributed by atoms with E-state index in [1.807, 2.05) is 18.2 Å². The lowest BCUT2D eigenvalue weighted by atomic mass is 9.79. The molecule has 4 rings (SSSR count). The van der Waals surface area contributed by atoms with Crippen LogP contribution < -0.4 is 0 Å². The summed E-state index contributed by atoms with van der Waals surface area (Å²) >= 11 is 0. The molecule has 0 radical (unpaired) electrons. The fraction of sp³-hybridized carbons (Fsp3) is 0.400. The second-order valence-electron chi connectivity index (χ2n) is 6.87. The molecule has 2 fully saturated rings. The van der Waals surface area contributed by atoms with Crippen molar-refractivity contribution in [2.24, 2.45) is 5.41 Å². The van der Waals surface area contributed by atoms with Gasteiger partial charge in [0, 0.05) is 30.1 Å². The fourth-order valence-electron chi connectivity index (χ4n) is 3.59. The summed E-state index contributed by atoms with van der Waals surface area (Å²) in [6.07, 6.45) is -0.241. The predicted molar refractivity (Wildman–Crippen MR) is 90.0 cm³/mol. The van der Waals surface area contributed by atoms with Gasteiger partial charge in [-0.2, -0.15) is 0 Å². The summed E-state index contributed by atoms with van der Waals surface area (Å²) in [5, 5.41) is 0. The number of rotatable bonds is 4. The summed E-state index contributed by atoms with van der Waals surface area (Å²) in [5.74, 6) is 0. The third-order valence-electron chi connectivity index (χ3n) is 4.82. The highest BCUT2D eigenvalue weighted by atomic mass is 16.7. The number of ether oxygens (including phenoxy) is 2. The van der Waals surface area contributed by atoms with E-state index in [2.05, 4.69) is 54.3 Å². The van der Waals surface area contributed by atoms with E-state index in [0.29, 0.717) is 19.3 Å². The van der Waals surface area contributed by atoms with Gasteiger partial charge in [-0.25, -0.2) is 0 Å². The van der Waals surface area contributed by atoms with E-state index in [-0.39, 0.29) is 11.7 Å². The summed E-state index contributed by atoms with van der Waals surface area (Å²) in [5.41, 5.74) is 2.43. The van der Waals surface area contributed by atoms with Gasteiger partial charge >= 0.3 is 0 Å². The van der Waals surface area contributed by atoms with Crippen LogP contribution in [0.15, 0.2) is 60.7 Å². The van der Waals surface area contributed by atoms with Crippen LogP contribution in [0.25, 0.3) is 0 Å². The van der Waals surface area contributed by atoms with Crippen molar-refractivity contribution in [3.8, 4) is 0 Å². The Hall–Kier alpha value is -1.68. The summed E-state index contributed by atoms with van der Waals surface area (Å²) in [7, 11) is 0. The Morgan fingerprint density at radius 1 is 0.913 bits per heavy atom. The molecule has 3 heteroatoms. The van der Waals surface area contributed by atoms with Gasteiger partial charge in [0.15, 0.2) is 6.29 Å². The van der Waals surface area contributed by atoms with Crippen LogP contribution in [0, 0.1) is 5.41 Å². The fourth-order valence-corrected chi connectivity index (χ4v) is 3.59. The molecule has 0 N–H and O–H groups in total. The summed E-state index contributed by atoms with van der Waals surface area (Å²) in [6.45, 7) is 6.03. The Kier molecular flexibility index (Phi) is 3.93. The average Bonchev–Trinajstić information content (AvgIpc) is 3.42.